The summed E-state index contributed by atoms with van der Waals surface area (Å²) >= 11 is 5.80. The second kappa shape index (κ2) is 5.10. The Balaban J connectivity index is 1.98. The van der Waals surface area contributed by atoms with Crippen molar-refractivity contribution in [3.8, 4) is 0 Å². The number of nitrogens with zero attached hydrogens (tertiary/aromatic N) is 1. The topological polar surface area (TPSA) is 59.5 Å². The van der Waals surface area contributed by atoms with Gasteiger partial charge in [0.05, 0.1) is 11.8 Å². The minimum absolute atomic E-state index is 0.0492. The van der Waals surface area contributed by atoms with Gasteiger partial charge in [-0.3, -0.25) is 4.79 Å². The van der Waals surface area contributed by atoms with E-state index < -0.39 is 0 Å². The Labute approximate surface area is 106 Å². The minimum atomic E-state index is -0.0492. The summed E-state index contributed by atoms with van der Waals surface area (Å²) < 4.78 is 4.93. The number of hydrogen-bond donors (Lipinski definition) is 1. The predicted octanol–water partition coefficient (Wildman–Crippen LogP) is 2.13. The fourth-order valence-corrected chi connectivity index (χ4v) is 2.44. The summed E-state index contributed by atoms with van der Waals surface area (Å²) in [5.74, 6) is 0.464. The molecular formula is C12H17ClN2O2. The number of amides is 1. The predicted molar refractivity (Wildman–Crippen MR) is 66.0 cm³/mol. The van der Waals surface area contributed by atoms with E-state index in [-0.39, 0.29) is 17.2 Å². The fraction of sp³-hybridized carbons (Fsp3) is 0.583. The van der Waals surface area contributed by atoms with Crippen molar-refractivity contribution in [1.82, 2.24) is 4.90 Å². The van der Waals surface area contributed by atoms with E-state index in [9.17, 15) is 4.79 Å². The van der Waals surface area contributed by atoms with Crippen molar-refractivity contribution in [3.05, 3.63) is 23.1 Å². The van der Waals surface area contributed by atoms with E-state index in [1.54, 1.807) is 6.07 Å². The van der Waals surface area contributed by atoms with Crippen LogP contribution in [0.1, 0.15) is 30.1 Å². The third kappa shape index (κ3) is 2.64. The molecule has 0 saturated carbocycles. The first-order valence-electron chi connectivity index (χ1n) is 5.87. The molecule has 1 amide bonds. The van der Waals surface area contributed by atoms with Crippen LogP contribution < -0.4 is 5.73 Å². The standard InChI is InChI=1S/C12H17ClN2O2/c1-8(14)9-2-5-15(6-3-9)12(16)10-4-7-17-11(10)13/h4,7-9H,2-3,5-6,14H2,1H3. The van der Waals surface area contributed by atoms with Crippen molar-refractivity contribution >= 4 is 17.5 Å². The Morgan fingerprint density at radius 2 is 2.24 bits per heavy atom. The number of piperidine rings is 1. The third-order valence-electron chi connectivity index (χ3n) is 3.42. The van der Waals surface area contributed by atoms with Crippen molar-refractivity contribution in [2.45, 2.75) is 25.8 Å². The Hall–Kier alpha value is -1.00. The molecule has 2 rings (SSSR count). The summed E-state index contributed by atoms with van der Waals surface area (Å²) in [4.78, 5) is 13.9. The number of halogens is 1. The molecular weight excluding hydrogens is 240 g/mol. The summed E-state index contributed by atoms with van der Waals surface area (Å²) in [7, 11) is 0. The van der Waals surface area contributed by atoms with Crippen LogP contribution in [-0.2, 0) is 0 Å². The summed E-state index contributed by atoms with van der Waals surface area (Å²) in [6.45, 7) is 3.51. The van der Waals surface area contributed by atoms with Gasteiger partial charge in [-0.25, -0.2) is 0 Å². The lowest BCUT2D eigenvalue weighted by Gasteiger charge is -2.33. The molecule has 1 atom stereocenters. The van der Waals surface area contributed by atoms with E-state index in [2.05, 4.69) is 0 Å². The van der Waals surface area contributed by atoms with Crippen LogP contribution in [0.2, 0.25) is 5.22 Å². The molecule has 1 aromatic heterocycles. The first kappa shape index (κ1) is 12.5. The largest absolute Gasteiger partial charge is 0.452 e. The van der Waals surface area contributed by atoms with Gasteiger partial charge in [0.2, 0.25) is 5.22 Å². The molecule has 2 heterocycles. The molecule has 1 fully saturated rings. The molecule has 2 N–H and O–H groups in total. The summed E-state index contributed by atoms with van der Waals surface area (Å²) in [5, 5.41) is 0.171. The zero-order valence-electron chi connectivity index (χ0n) is 9.86. The molecule has 0 aromatic carbocycles. The summed E-state index contributed by atoms with van der Waals surface area (Å²) in [5.41, 5.74) is 6.32. The van der Waals surface area contributed by atoms with Gasteiger partial charge >= 0.3 is 0 Å². The average molecular weight is 257 g/mol. The van der Waals surface area contributed by atoms with E-state index in [4.69, 9.17) is 21.8 Å². The molecule has 94 valence electrons. The third-order valence-corrected chi connectivity index (χ3v) is 3.71. The van der Waals surface area contributed by atoms with E-state index >= 15 is 0 Å². The molecule has 0 bridgehead atoms. The smallest absolute Gasteiger partial charge is 0.258 e. The number of nitrogens with two attached hydrogens (primary N) is 1. The molecule has 0 spiro atoms. The lowest BCUT2D eigenvalue weighted by Crippen LogP contribution is -2.42. The maximum atomic E-state index is 12.1. The monoisotopic (exact) mass is 256 g/mol. The lowest BCUT2D eigenvalue weighted by molar-refractivity contribution is 0.0680. The second-order valence-electron chi connectivity index (χ2n) is 4.60. The van der Waals surface area contributed by atoms with E-state index in [0.29, 0.717) is 11.5 Å². The SMILES string of the molecule is CC(N)C1CCN(C(=O)c2ccoc2Cl)CC1. The van der Waals surface area contributed by atoms with E-state index in [0.717, 1.165) is 25.9 Å². The molecule has 0 radical (unpaired) electrons. The van der Waals surface area contributed by atoms with Crippen LogP contribution in [0.3, 0.4) is 0 Å². The van der Waals surface area contributed by atoms with Crippen LogP contribution in [0.15, 0.2) is 16.7 Å². The molecule has 1 aliphatic heterocycles. The van der Waals surface area contributed by atoms with Crippen LogP contribution in [0.5, 0.6) is 0 Å². The molecule has 1 saturated heterocycles. The number of likely N-dealkylation sites (tertiary alicyclic amines) is 1. The first-order valence-corrected chi connectivity index (χ1v) is 6.25. The van der Waals surface area contributed by atoms with Crippen molar-refractivity contribution < 1.29 is 9.21 Å². The van der Waals surface area contributed by atoms with Crippen molar-refractivity contribution in [2.75, 3.05) is 13.1 Å². The molecule has 1 aliphatic rings. The maximum absolute atomic E-state index is 12.1. The van der Waals surface area contributed by atoms with Gasteiger partial charge in [-0.15, -0.1) is 0 Å². The number of carbonyl (C=O) groups excluding carboxylic acids is 1. The van der Waals surface area contributed by atoms with Crippen LogP contribution in [0.25, 0.3) is 0 Å². The van der Waals surface area contributed by atoms with Crippen LogP contribution in [0.4, 0.5) is 0 Å². The zero-order valence-corrected chi connectivity index (χ0v) is 10.6. The van der Waals surface area contributed by atoms with Gasteiger partial charge in [-0.1, -0.05) is 0 Å². The van der Waals surface area contributed by atoms with E-state index in [1.807, 2.05) is 11.8 Å². The lowest BCUT2D eigenvalue weighted by atomic mass is 9.91. The number of furan rings is 1. The van der Waals surface area contributed by atoms with E-state index in [1.165, 1.54) is 6.26 Å². The van der Waals surface area contributed by atoms with Crippen molar-refractivity contribution in [1.29, 1.82) is 0 Å². The second-order valence-corrected chi connectivity index (χ2v) is 4.94. The van der Waals surface area contributed by atoms with Crippen LogP contribution in [0, 0.1) is 5.92 Å². The van der Waals surface area contributed by atoms with Crippen molar-refractivity contribution in [3.63, 3.8) is 0 Å². The van der Waals surface area contributed by atoms with Gasteiger partial charge in [-0.05, 0) is 43.4 Å². The minimum Gasteiger partial charge on any atom is -0.452 e. The molecule has 5 heteroatoms. The quantitative estimate of drug-likeness (QED) is 0.882. The highest BCUT2D eigenvalue weighted by atomic mass is 35.5. The van der Waals surface area contributed by atoms with Crippen LogP contribution >= 0.6 is 11.6 Å². The molecule has 4 nitrogen and oxygen atoms in total. The highest BCUT2D eigenvalue weighted by Gasteiger charge is 2.27. The number of rotatable bonds is 2. The highest BCUT2D eigenvalue weighted by molar-refractivity contribution is 6.32. The van der Waals surface area contributed by atoms with Crippen LogP contribution in [-0.4, -0.2) is 29.9 Å². The fourth-order valence-electron chi connectivity index (χ4n) is 2.24. The average Bonchev–Trinajstić information content (AvgIpc) is 2.74. The van der Waals surface area contributed by atoms with Gasteiger partial charge in [0.15, 0.2) is 0 Å². The van der Waals surface area contributed by atoms with Crippen molar-refractivity contribution in [2.24, 2.45) is 11.7 Å². The zero-order chi connectivity index (χ0) is 12.4. The van der Waals surface area contributed by atoms with Gasteiger partial charge in [0.1, 0.15) is 0 Å². The van der Waals surface area contributed by atoms with Gasteiger partial charge in [0.25, 0.3) is 5.91 Å². The normalized spacial score (nSPS) is 19.4. The Morgan fingerprint density at radius 1 is 1.59 bits per heavy atom. The Kier molecular flexibility index (Phi) is 3.74. The summed E-state index contributed by atoms with van der Waals surface area (Å²) in [6.07, 6.45) is 3.35. The van der Waals surface area contributed by atoms with Gasteiger partial charge in [0, 0.05) is 19.1 Å². The summed E-state index contributed by atoms with van der Waals surface area (Å²) in [6, 6.07) is 1.81. The number of carbonyl (C=O) groups is 1. The number of hydrogen-bond acceptors (Lipinski definition) is 3. The molecule has 1 aromatic rings. The first-order chi connectivity index (χ1) is 8.09. The molecule has 0 aliphatic carbocycles. The Morgan fingerprint density at radius 3 is 2.71 bits per heavy atom. The van der Waals surface area contributed by atoms with Gasteiger partial charge in [-0.2, -0.15) is 0 Å². The highest BCUT2D eigenvalue weighted by Crippen LogP contribution is 2.24. The maximum Gasteiger partial charge on any atom is 0.258 e. The molecule has 17 heavy (non-hydrogen) atoms. The van der Waals surface area contributed by atoms with Gasteiger partial charge < -0.3 is 15.1 Å². The Bertz CT molecular complexity index is 395. The molecule has 1 unspecified atom stereocenters.